The zero-order chi connectivity index (χ0) is 15.8. The van der Waals surface area contributed by atoms with E-state index in [1.807, 2.05) is 34.0 Å². The Kier molecular flexibility index (Phi) is 3.61. The van der Waals surface area contributed by atoms with Crippen molar-refractivity contribution in [2.24, 2.45) is 0 Å². The molecule has 0 radical (unpaired) electrons. The molecule has 0 bridgehead atoms. The normalized spacial score (nSPS) is 21.4. The molecule has 1 saturated heterocycles. The summed E-state index contributed by atoms with van der Waals surface area (Å²) >= 11 is 0. The number of hydrogen-bond acceptors (Lipinski definition) is 4. The number of para-hydroxylation sites is 1. The molecular formula is C17H21N5O. The standard InChI is InChI=1S/C17H21N5O/c1-12-10-13-4-2-3-5-16(13)22(12)17(23)15-11-21(20-19-15)14-6-8-18-9-7-14/h2-5,11-12,14,18H,6-10H2,1H3/t12-/m1/s1. The summed E-state index contributed by atoms with van der Waals surface area (Å²) in [6, 6.07) is 8.59. The summed E-state index contributed by atoms with van der Waals surface area (Å²) in [6.45, 7) is 4.06. The number of nitrogens with one attached hydrogen (secondary N) is 1. The second-order valence-electron chi connectivity index (χ2n) is 6.42. The number of carbonyl (C=O) groups is 1. The fourth-order valence-electron chi connectivity index (χ4n) is 3.62. The van der Waals surface area contributed by atoms with Crippen LogP contribution in [0.2, 0.25) is 0 Å². The topological polar surface area (TPSA) is 63.1 Å². The van der Waals surface area contributed by atoms with Gasteiger partial charge in [0.2, 0.25) is 0 Å². The van der Waals surface area contributed by atoms with Crippen molar-refractivity contribution in [3.8, 4) is 0 Å². The Labute approximate surface area is 135 Å². The van der Waals surface area contributed by atoms with Gasteiger partial charge in [-0.3, -0.25) is 4.79 Å². The van der Waals surface area contributed by atoms with E-state index in [0.29, 0.717) is 11.7 Å². The highest BCUT2D eigenvalue weighted by molar-refractivity contribution is 6.06. The van der Waals surface area contributed by atoms with Gasteiger partial charge in [-0.15, -0.1) is 5.10 Å². The molecule has 6 heteroatoms. The number of fused-ring (bicyclic) bond motifs is 1. The van der Waals surface area contributed by atoms with E-state index in [-0.39, 0.29) is 11.9 Å². The Hall–Kier alpha value is -2.21. The van der Waals surface area contributed by atoms with E-state index in [4.69, 9.17) is 0 Å². The number of carbonyl (C=O) groups excluding carboxylic acids is 1. The lowest BCUT2D eigenvalue weighted by atomic mass is 10.1. The molecule has 1 aromatic heterocycles. The highest BCUT2D eigenvalue weighted by atomic mass is 16.2. The van der Waals surface area contributed by atoms with E-state index in [1.54, 1.807) is 0 Å². The molecule has 0 aliphatic carbocycles. The third-order valence-electron chi connectivity index (χ3n) is 4.84. The van der Waals surface area contributed by atoms with Crippen molar-refractivity contribution in [3.05, 3.63) is 41.7 Å². The number of nitrogens with zero attached hydrogens (tertiary/aromatic N) is 4. The molecule has 0 spiro atoms. The van der Waals surface area contributed by atoms with Crippen molar-refractivity contribution in [2.45, 2.75) is 38.3 Å². The summed E-state index contributed by atoms with van der Waals surface area (Å²) in [5.74, 6) is -0.0531. The Balaban J connectivity index is 1.59. The van der Waals surface area contributed by atoms with Crippen LogP contribution in [0.25, 0.3) is 0 Å². The highest BCUT2D eigenvalue weighted by Gasteiger charge is 2.32. The molecule has 4 rings (SSSR count). The monoisotopic (exact) mass is 311 g/mol. The number of benzene rings is 1. The van der Waals surface area contributed by atoms with Crippen LogP contribution in [0, 0.1) is 0 Å². The van der Waals surface area contributed by atoms with Crippen molar-refractivity contribution in [2.75, 3.05) is 18.0 Å². The van der Waals surface area contributed by atoms with Crippen LogP contribution in [0.1, 0.15) is 41.9 Å². The van der Waals surface area contributed by atoms with Crippen LogP contribution >= 0.6 is 0 Å². The SMILES string of the molecule is C[C@@H]1Cc2ccccc2N1C(=O)c1cn(C2CCNCC2)nn1. The summed E-state index contributed by atoms with van der Waals surface area (Å²) in [7, 11) is 0. The maximum Gasteiger partial charge on any atom is 0.280 e. The first kappa shape index (κ1) is 14.4. The number of anilines is 1. The molecule has 120 valence electrons. The van der Waals surface area contributed by atoms with E-state index in [1.165, 1.54) is 5.56 Å². The van der Waals surface area contributed by atoms with Gasteiger partial charge in [-0.25, -0.2) is 4.68 Å². The van der Waals surface area contributed by atoms with Gasteiger partial charge in [-0.05, 0) is 50.9 Å². The minimum absolute atomic E-state index is 0.0531. The number of aromatic nitrogens is 3. The van der Waals surface area contributed by atoms with Gasteiger partial charge in [0, 0.05) is 11.7 Å². The molecule has 6 nitrogen and oxygen atoms in total. The largest absolute Gasteiger partial charge is 0.317 e. The Morgan fingerprint density at radius 1 is 1.26 bits per heavy atom. The molecule has 1 amide bonds. The van der Waals surface area contributed by atoms with Crippen LogP contribution in [-0.2, 0) is 6.42 Å². The highest BCUT2D eigenvalue weighted by Crippen LogP contribution is 2.32. The molecule has 0 unspecified atom stereocenters. The molecular weight excluding hydrogens is 290 g/mol. The predicted molar refractivity (Wildman–Crippen MR) is 87.6 cm³/mol. The zero-order valence-electron chi connectivity index (χ0n) is 13.3. The Morgan fingerprint density at radius 3 is 2.87 bits per heavy atom. The van der Waals surface area contributed by atoms with Crippen molar-refractivity contribution < 1.29 is 4.79 Å². The van der Waals surface area contributed by atoms with Crippen molar-refractivity contribution in [3.63, 3.8) is 0 Å². The molecule has 1 N–H and O–H groups in total. The fraction of sp³-hybridized carbons (Fsp3) is 0.471. The summed E-state index contributed by atoms with van der Waals surface area (Å²) in [5, 5.41) is 11.7. The van der Waals surface area contributed by atoms with Crippen LogP contribution in [0.15, 0.2) is 30.5 Å². The lowest BCUT2D eigenvalue weighted by Crippen LogP contribution is -2.36. The van der Waals surface area contributed by atoms with Crippen molar-refractivity contribution in [1.29, 1.82) is 0 Å². The summed E-state index contributed by atoms with van der Waals surface area (Å²) in [5.41, 5.74) is 2.66. The molecule has 1 atom stereocenters. The first-order valence-electron chi connectivity index (χ1n) is 8.28. The van der Waals surface area contributed by atoms with E-state index in [0.717, 1.165) is 38.0 Å². The molecule has 0 saturated carbocycles. The minimum atomic E-state index is -0.0531. The van der Waals surface area contributed by atoms with Gasteiger partial charge in [-0.1, -0.05) is 23.4 Å². The molecule has 3 heterocycles. The maximum absolute atomic E-state index is 12.9. The number of hydrogen-bond donors (Lipinski definition) is 1. The van der Waals surface area contributed by atoms with E-state index in [9.17, 15) is 4.79 Å². The second kappa shape index (κ2) is 5.77. The van der Waals surface area contributed by atoms with Gasteiger partial charge in [0.1, 0.15) is 0 Å². The molecule has 23 heavy (non-hydrogen) atoms. The number of rotatable bonds is 2. The fourth-order valence-corrected chi connectivity index (χ4v) is 3.62. The van der Waals surface area contributed by atoms with Gasteiger partial charge < -0.3 is 10.2 Å². The molecule has 2 aliphatic heterocycles. The number of piperidine rings is 1. The van der Waals surface area contributed by atoms with Crippen molar-refractivity contribution in [1.82, 2.24) is 20.3 Å². The van der Waals surface area contributed by atoms with Gasteiger partial charge in [0.15, 0.2) is 5.69 Å². The van der Waals surface area contributed by atoms with Gasteiger partial charge in [-0.2, -0.15) is 0 Å². The van der Waals surface area contributed by atoms with Crippen LogP contribution in [0.4, 0.5) is 5.69 Å². The summed E-state index contributed by atoms with van der Waals surface area (Å²) in [4.78, 5) is 14.8. The van der Waals surface area contributed by atoms with Crippen LogP contribution in [0.5, 0.6) is 0 Å². The van der Waals surface area contributed by atoms with E-state index < -0.39 is 0 Å². The van der Waals surface area contributed by atoms with Gasteiger partial charge in [0.25, 0.3) is 5.91 Å². The first-order chi connectivity index (χ1) is 11.2. The summed E-state index contributed by atoms with van der Waals surface area (Å²) in [6.07, 6.45) is 4.76. The van der Waals surface area contributed by atoms with Crippen LogP contribution < -0.4 is 10.2 Å². The van der Waals surface area contributed by atoms with Gasteiger partial charge >= 0.3 is 0 Å². The lowest BCUT2D eigenvalue weighted by Gasteiger charge is -2.22. The third-order valence-corrected chi connectivity index (χ3v) is 4.84. The van der Waals surface area contributed by atoms with E-state index in [2.05, 4.69) is 28.6 Å². The predicted octanol–water partition coefficient (Wildman–Crippen LogP) is 1.79. The van der Waals surface area contributed by atoms with E-state index >= 15 is 0 Å². The molecule has 2 aliphatic rings. The first-order valence-corrected chi connectivity index (χ1v) is 8.28. The third kappa shape index (κ3) is 2.53. The maximum atomic E-state index is 12.9. The second-order valence-corrected chi connectivity index (χ2v) is 6.42. The number of amides is 1. The molecule has 1 fully saturated rings. The molecule has 1 aromatic carbocycles. The average Bonchev–Trinajstić information content (AvgIpc) is 3.19. The quantitative estimate of drug-likeness (QED) is 0.918. The summed E-state index contributed by atoms with van der Waals surface area (Å²) < 4.78 is 1.86. The average molecular weight is 311 g/mol. The smallest absolute Gasteiger partial charge is 0.280 e. The lowest BCUT2D eigenvalue weighted by molar-refractivity contribution is 0.0976. The zero-order valence-corrected chi connectivity index (χ0v) is 13.3. The van der Waals surface area contributed by atoms with Crippen molar-refractivity contribution >= 4 is 11.6 Å². The van der Waals surface area contributed by atoms with Crippen LogP contribution in [-0.4, -0.2) is 40.0 Å². The Morgan fingerprint density at radius 2 is 2.04 bits per heavy atom. The minimum Gasteiger partial charge on any atom is -0.317 e. The Bertz CT molecular complexity index is 719. The van der Waals surface area contributed by atoms with Crippen LogP contribution in [0.3, 0.4) is 0 Å². The van der Waals surface area contributed by atoms with Gasteiger partial charge in [0.05, 0.1) is 12.2 Å². The molecule has 2 aromatic rings.